The number of rotatable bonds is 19. The molecule has 0 spiro atoms. The van der Waals surface area contributed by atoms with Crippen molar-refractivity contribution < 1.29 is 54.9 Å². The normalized spacial score (nSPS) is 9.61. The summed E-state index contributed by atoms with van der Waals surface area (Å²) < 4.78 is 0. The van der Waals surface area contributed by atoms with E-state index >= 15 is 0 Å². The average molecular weight is 527 g/mol. The molecule has 0 aromatic rings. The van der Waals surface area contributed by atoms with E-state index in [0.29, 0.717) is 12.8 Å². The molecule has 11 heteroatoms. The fraction of sp³-hybridized carbons (Fsp3) is 0.840. The van der Waals surface area contributed by atoms with Crippen molar-refractivity contribution in [2.75, 3.05) is 13.2 Å². The molecule has 0 radical (unpaired) electrons. The third-order valence-corrected chi connectivity index (χ3v) is 4.46. The first-order valence-electron chi connectivity index (χ1n) is 12.7. The summed E-state index contributed by atoms with van der Waals surface area (Å²) in [5, 5.41) is 56.4. The van der Waals surface area contributed by atoms with Gasteiger partial charge in [0.05, 0.1) is 26.1 Å². The standard InChI is InChI=1S/C10H20O2.C8H16O2.C4H6O4.C3H8O3/c1-2-3-4-5-6-7-8-9-10(11)12;1-2-3-4-5-6-7-8(9)10;5-3(6)1-2-4(7)8;4-1-3(6)2-5/h2-9H2,1H3,(H,11,12);2-7H2,1H3,(H,9,10);1-2H2,(H,5,6)(H,7,8);3-6H,1-2H2. The van der Waals surface area contributed by atoms with Gasteiger partial charge in [0.1, 0.15) is 6.10 Å². The number of carboxylic acid groups (broad SMARTS) is 4. The molecular formula is C25H50O11. The van der Waals surface area contributed by atoms with Crippen LogP contribution in [0.3, 0.4) is 0 Å². The number of carbonyl (C=O) groups is 4. The van der Waals surface area contributed by atoms with Gasteiger partial charge in [0.15, 0.2) is 0 Å². The highest BCUT2D eigenvalue weighted by Crippen LogP contribution is 2.08. The highest BCUT2D eigenvalue weighted by Gasteiger charge is 2.00. The van der Waals surface area contributed by atoms with E-state index in [-0.39, 0.29) is 26.1 Å². The van der Waals surface area contributed by atoms with Gasteiger partial charge < -0.3 is 35.7 Å². The number of aliphatic hydroxyl groups excluding tert-OH is 3. The minimum absolute atomic E-state index is 0.296. The lowest BCUT2D eigenvalue weighted by Gasteiger charge is -1.98. The van der Waals surface area contributed by atoms with Crippen LogP contribution in [0.15, 0.2) is 0 Å². The summed E-state index contributed by atoms with van der Waals surface area (Å²) in [4.78, 5) is 39.4. The molecule has 0 fully saturated rings. The van der Waals surface area contributed by atoms with Crippen molar-refractivity contribution in [3.05, 3.63) is 0 Å². The minimum atomic E-state index is -1.08. The van der Waals surface area contributed by atoms with E-state index in [1.54, 1.807) is 0 Å². The summed E-state index contributed by atoms with van der Waals surface area (Å²) in [5.41, 5.74) is 0. The maximum absolute atomic E-state index is 10.1. The van der Waals surface area contributed by atoms with Gasteiger partial charge in [-0.1, -0.05) is 78.1 Å². The van der Waals surface area contributed by atoms with Gasteiger partial charge in [-0.3, -0.25) is 19.2 Å². The lowest BCUT2D eigenvalue weighted by atomic mass is 10.1. The first-order valence-corrected chi connectivity index (χ1v) is 12.7. The molecule has 0 bridgehead atoms. The second-order valence-electron chi connectivity index (χ2n) is 8.13. The first kappa shape index (κ1) is 40.9. The Labute approximate surface area is 215 Å². The van der Waals surface area contributed by atoms with Crippen LogP contribution in [0.2, 0.25) is 0 Å². The average Bonchev–Trinajstić information content (AvgIpc) is 2.82. The van der Waals surface area contributed by atoms with Crippen LogP contribution in [-0.2, 0) is 19.2 Å². The molecule has 0 saturated carbocycles. The van der Waals surface area contributed by atoms with E-state index in [2.05, 4.69) is 13.8 Å². The summed E-state index contributed by atoms with van der Waals surface area (Å²) in [6, 6.07) is 0. The summed E-state index contributed by atoms with van der Waals surface area (Å²) in [6.45, 7) is 3.62. The topological polar surface area (TPSA) is 210 Å². The molecule has 7 N–H and O–H groups in total. The number of aliphatic hydroxyl groups is 3. The molecular weight excluding hydrogens is 476 g/mol. The van der Waals surface area contributed by atoms with Crippen LogP contribution in [0, 0.1) is 0 Å². The zero-order chi connectivity index (χ0) is 28.6. The number of carboxylic acids is 4. The largest absolute Gasteiger partial charge is 0.481 e. The van der Waals surface area contributed by atoms with Crippen molar-refractivity contribution >= 4 is 23.9 Å². The fourth-order valence-electron chi connectivity index (χ4n) is 2.38. The lowest BCUT2D eigenvalue weighted by molar-refractivity contribution is -0.143. The highest BCUT2D eigenvalue weighted by atomic mass is 16.4. The first-order chi connectivity index (χ1) is 17.0. The Kier molecular flexibility index (Phi) is 39.7. The van der Waals surface area contributed by atoms with Crippen molar-refractivity contribution in [2.24, 2.45) is 0 Å². The predicted octanol–water partition coefficient (Wildman–Crippen LogP) is 3.91. The Morgan fingerprint density at radius 3 is 0.917 bits per heavy atom. The Morgan fingerprint density at radius 1 is 0.472 bits per heavy atom. The molecule has 0 aliphatic carbocycles. The highest BCUT2D eigenvalue weighted by molar-refractivity contribution is 5.75. The number of hydrogen-bond donors (Lipinski definition) is 7. The van der Waals surface area contributed by atoms with Crippen molar-refractivity contribution in [1.29, 1.82) is 0 Å². The zero-order valence-corrected chi connectivity index (χ0v) is 22.1. The van der Waals surface area contributed by atoms with E-state index in [4.69, 9.17) is 35.7 Å². The molecule has 36 heavy (non-hydrogen) atoms. The van der Waals surface area contributed by atoms with Gasteiger partial charge >= 0.3 is 23.9 Å². The van der Waals surface area contributed by atoms with E-state index in [1.807, 2.05) is 0 Å². The van der Waals surface area contributed by atoms with Crippen molar-refractivity contribution in [3.8, 4) is 0 Å². The van der Waals surface area contributed by atoms with Gasteiger partial charge in [0.25, 0.3) is 0 Å². The van der Waals surface area contributed by atoms with Gasteiger partial charge in [-0.15, -0.1) is 0 Å². The monoisotopic (exact) mass is 526 g/mol. The Bertz CT molecular complexity index is 492. The van der Waals surface area contributed by atoms with E-state index in [0.717, 1.165) is 25.7 Å². The summed E-state index contributed by atoms with van der Waals surface area (Å²) in [6.07, 6.45) is 13.0. The predicted molar refractivity (Wildman–Crippen MR) is 136 cm³/mol. The number of aliphatic carboxylic acids is 4. The molecule has 0 amide bonds. The van der Waals surface area contributed by atoms with E-state index < -0.39 is 30.0 Å². The van der Waals surface area contributed by atoms with Gasteiger partial charge in [0, 0.05) is 12.8 Å². The van der Waals surface area contributed by atoms with Crippen LogP contribution >= 0.6 is 0 Å². The smallest absolute Gasteiger partial charge is 0.303 e. The van der Waals surface area contributed by atoms with Crippen LogP contribution in [0.4, 0.5) is 0 Å². The third kappa shape index (κ3) is 58.0. The SMILES string of the molecule is CCCCCCCC(=O)O.CCCCCCCCCC(=O)O.O=C(O)CCC(=O)O.OCC(O)CO. The summed E-state index contributed by atoms with van der Waals surface area (Å²) in [7, 11) is 0. The van der Waals surface area contributed by atoms with E-state index in [9.17, 15) is 19.2 Å². The minimum Gasteiger partial charge on any atom is -0.481 e. The molecule has 0 unspecified atom stereocenters. The summed E-state index contributed by atoms with van der Waals surface area (Å²) in [5.74, 6) is -3.49. The lowest BCUT2D eigenvalue weighted by Crippen LogP contribution is -2.15. The van der Waals surface area contributed by atoms with Crippen LogP contribution in [0.5, 0.6) is 0 Å². The van der Waals surface area contributed by atoms with Gasteiger partial charge in [-0.2, -0.15) is 0 Å². The molecule has 0 aromatic carbocycles. The maximum atomic E-state index is 10.1. The molecule has 0 aliphatic rings. The Hall–Kier alpha value is -2.24. The maximum Gasteiger partial charge on any atom is 0.303 e. The van der Waals surface area contributed by atoms with Crippen molar-refractivity contribution in [3.63, 3.8) is 0 Å². The Balaban J connectivity index is -0.000000195. The molecule has 0 aromatic heterocycles. The van der Waals surface area contributed by atoms with Crippen LogP contribution < -0.4 is 0 Å². The second-order valence-corrected chi connectivity index (χ2v) is 8.13. The molecule has 11 nitrogen and oxygen atoms in total. The number of hydrogen-bond acceptors (Lipinski definition) is 7. The quantitative estimate of drug-likeness (QED) is 0.120. The van der Waals surface area contributed by atoms with Crippen molar-refractivity contribution in [2.45, 2.75) is 123 Å². The zero-order valence-electron chi connectivity index (χ0n) is 22.1. The molecule has 0 atom stereocenters. The third-order valence-electron chi connectivity index (χ3n) is 4.46. The molecule has 216 valence electrons. The molecule has 0 heterocycles. The number of unbranched alkanes of at least 4 members (excludes halogenated alkanes) is 10. The van der Waals surface area contributed by atoms with Crippen LogP contribution in [0.1, 0.15) is 117 Å². The summed E-state index contributed by atoms with van der Waals surface area (Å²) >= 11 is 0. The van der Waals surface area contributed by atoms with Gasteiger partial charge in [-0.05, 0) is 12.8 Å². The van der Waals surface area contributed by atoms with Gasteiger partial charge in [0.2, 0.25) is 0 Å². The molecule has 0 aliphatic heterocycles. The second kappa shape index (κ2) is 34.9. The van der Waals surface area contributed by atoms with Gasteiger partial charge in [-0.25, -0.2) is 0 Å². The fourth-order valence-corrected chi connectivity index (χ4v) is 2.38. The molecule has 0 rings (SSSR count). The van der Waals surface area contributed by atoms with E-state index in [1.165, 1.54) is 51.4 Å². The van der Waals surface area contributed by atoms with Crippen LogP contribution in [0.25, 0.3) is 0 Å². The molecule has 0 saturated heterocycles. The van der Waals surface area contributed by atoms with Crippen LogP contribution in [-0.4, -0.2) is 78.9 Å². The Morgan fingerprint density at radius 2 is 0.722 bits per heavy atom. The van der Waals surface area contributed by atoms with Crippen molar-refractivity contribution in [1.82, 2.24) is 0 Å².